The summed E-state index contributed by atoms with van der Waals surface area (Å²) in [6, 6.07) is 4.50. The van der Waals surface area contributed by atoms with Crippen LogP contribution in [-0.2, 0) is 12.7 Å². The van der Waals surface area contributed by atoms with Crippen molar-refractivity contribution in [2.75, 3.05) is 37.6 Å². The summed E-state index contributed by atoms with van der Waals surface area (Å²) in [6.45, 7) is 6.84. The lowest BCUT2D eigenvalue weighted by Gasteiger charge is -2.44. The van der Waals surface area contributed by atoms with E-state index in [1.807, 2.05) is 19.2 Å². The van der Waals surface area contributed by atoms with Crippen LogP contribution in [0.2, 0.25) is 0 Å². The van der Waals surface area contributed by atoms with Crippen LogP contribution in [-0.4, -0.2) is 73.0 Å². The van der Waals surface area contributed by atoms with Crippen LogP contribution in [0.4, 0.5) is 19.0 Å². The van der Waals surface area contributed by atoms with Gasteiger partial charge in [-0.15, -0.1) is 0 Å². The molecule has 2 aliphatic rings. The average molecular weight is 513 g/mol. The maximum absolute atomic E-state index is 13.3. The number of pyridine rings is 1. The van der Waals surface area contributed by atoms with Crippen LogP contribution in [0.15, 0.2) is 43.0 Å². The number of aryl methyl sites for hydroxylation is 1. The molecule has 6 heterocycles. The molecule has 0 aliphatic carbocycles. The highest BCUT2D eigenvalue weighted by molar-refractivity contribution is 5.59. The van der Waals surface area contributed by atoms with Gasteiger partial charge in [0.25, 0.3) is 0 Å². The maximum atomic E-state index is 13.3. The van der Waals surface area contributed by atoms with Gasteiger partial charge in [0.15, 0.2) is 5.82 Å². The van der Waals surface area contributed by atoms with Crippen molar-refractivity contribution in [2.45, 2.75) is 25.7 Å². The molecular weight excluding hydrogens is 485 g/mol. The molecule has 0 aromatic carbocycles. The van der Waals surface area contributed by atoms with Gasteiger partial charge in [0.05, 0.1) is 11.8 Å². The third kappa shape index (κ3) is 4.77. The van der Waals surface area contributed by atoms with Crippen molar-refractivity contribution < 1.29 is 13.2 Å². The van der Waals surface area contributed by atoms with Crippen LogP contribution >= 0.6 is 0 Å². The highest BCUT2D eigenvalue weighted by Crippen LogP contribution is 2.31. The number of rotatable bonds is 5. The fourth-order valence-electron chi connectivity index (χ4n) is 5.18. The Hall–Kier alpha value is -3.55. The van der Waals surface area contributed by atoms with Gasteiger partial charge in [0.2, 0.25) is 0 Å². The van der Waals surface area contributed by atoms with Crippen LogP contribution in [0.3, 0.4) is 0 Å². The Morgan fingerprint density at radius 2 is 1.86 bits per heavy atom. The van der Waals surface area contributed by atoms with Crippen LogP contribution in [0.5, 0.6) is 0 Å². The zero-order valence-electron chi connectivity index (χ0n) is 20.2. The molecule has 0 radical (unpaired) electrons. The number of hydrogen-bond donors (Lipinski definition) is 3. The number of hydrogen-bond acceptors (Lipinski definition) is 8. The molecule has 1 atom stereocenters. The van der Waals surface area contributed by atoms with E-state index in [0.717, 1.165) is 68.9 Å². The molecule has 0 bridgehead atoms. The van der Waals surface area contributed by atoms with E-state index in [0.29, 0.717) is 23.1 Å². The van der Waals surface area contributed by atoms with Gasteiger partial charge in [-0.2, -0.15) is 13.2 Å². The number of aromatic amines is 1. The molecule has 0 spiro atoms. The number of nitrogens with zero attached hydrogens (tertiary/aromatic N) is 7. The van der Waals surface area contributed by atoms with E-state index in [9.17, 15) is 13.2 Å². The Bertz CT molecular complexity index is 1390. The second kappa shape index (κ2) is 9.39. The fourth-order valence-corrected chi connectivity index (χ4v) is 5.18. The Balaban J connectivity index is 1.27. The van der Waals surface area contributed by atoms with Crippen LogP contribution in [0.25, 0.3) is 17.2 Å². The van der Waals surface area contributed by atoms with E-state index in [1.54, 1.807) is 6.20 Å². The zero-order valence-corrected chi connectivity index (χ0v) is 20.2. The molecule has 2 aliphatic heterocycles. The number of alkyl halides is 3. The number of nitrogens with one attached hydrogen (secondary N) is 3. The monoisotopic (exact) mass is 512 g/mol. The van der Waals surface area contributed by atoms with Gasteiger partial charge in [0, 0.05) is 75.5 Å². The second-order valence-electron chi connectivity index (χ2n) is 9.53. The van der Waals surface area contributed by atoms with E-state index in [2.05, 4.69) is 40.6 Å². The van der Waals surface area contributed by atoms with E-state index in [-0.39, 0.29) is 6.04 Å². The first-order chi connectivity index (χ1) is 17.8. The first kappa shape index (κ1) is 23.8. The molecule has 1 unspecified atom stereocenters. The van der Waals surface area contributed by atoms with E-state index in [4.69, 9.17) is 4.98 Å². The van der Waals surface area contributed by atoms with Gasteiger partial charge in [-0.1, -0.05) is 0 Å². The largest absolute Gasteiger partial charge is 0.417 e. The molecule has 0 saturated carbocycles. The van der Waals surface area contributed by atoms with Crippen LogP contribution < -0.4 is 15.8 Å². The lowest BCUT2D eigenvalue weighted by Crippen LogP contribution is -2.56. The molecule has 6 rings (SSSR count). The summed E-state index contributed by atoms with van der Waals surface area (Å²) in [7, 11) is 0. The number of imidazole rings is 2. The van der Waals surface area contributed by atoms with Gasteiger partial charge in [-0.25, -0.2) is 19.9 Å². The van der Waals surface area contributed by atoms with Gasteiger partial charge >= 0.3 is 6.18 Å². The zero-order chi connectivity index (χ0) is 25.6. The van der Waals surface area contributed by atoms with Crippen molar-refractivity contribution in [3.63, 3.8) is 0 Å². The lowest BCUT2D eigenvalue weighted by atomic mass is 9.96. The summed E-state index contributed by atoms with van der Waals surface area (Å²) in [6.07, 6.45) is 1.64. The summed E-state index contributed by atoms with van der Waals surface area (Å²) in [5.41, 5.74) is 7.64. The van der Waals surface area contributed by atoms with Gasteiger partial charge < -0.3 is 9.88 Å². The van der Waals surface area contributed by atoms with Crippen molar-refractivity contribution in [3.8, 4) is 11.5 Å². The molecule has 0 amide bonds. The van der Waals surface area contributed by atoms with E-state index >= 15 is 0 Å². The van der Waals surface area contributed by atoms with Crippen molar-refractivity contribution in [2.24, 2.45) is 5.92 Å². The summed E-state index contributed by atoms with van der Waals surface area (Å²) >= 11 is 0. The Labute approximate surface area is 210 Å². The Morgan fingerprint density at radius 3 is 2.62 bits per heavy atom. The summed E-state index contributed by atoms with van der Waals surface area (Å²) in [5, 5.41) is 0. The Morgan fingerprint density at radius 1 is 1.03 bits per heavy atom. The molecule has 4 aromatic heterocycles. The summed E-state index contributed by atoms with van der Waals surface area (Å²) < 4.78 is 41.3. The second-order valence-corrected chi connectivity index (χ2v) is 9.53. The topological polar surface area (TPSA) is 102 Å². The van der Waals surface area contributed by atoms with E-state index < -0.39 is 11.7 Å². The highest BCUT2D eigenvalue weighted by Gasteiger charge is 2.35. The molecule has 37 heavy (non-hydrogen) atoms. The first-order valence-electron chi connectivity index (χ1n) is 12.2. The fraction of sp³-hybridized carbons (Fsp3) is 0.417. The number of hydrazine groups is 1. The SMILES string of the molecule is Cc1ncc(CN2CCN(c3ccnc(-c4cnc5ccc(C(F)(F)F)cn45)n3)CC2C2CNNC2)[nH]1. The van der Waals surface area contributed by atoms with Crippen molar-refractivity contribution >= 4 is 11.5 Å². The molecule has 10 nitrogen and oxygen atoms in total. The number of piperazine rings is 1. The number of anilines is 1. The Kier molecular flexibility index (Phi) is 6.05. The molecule has 4 aromatic rings. The van der Waals surface area contributed by atoms with Crippen molar-refractivity contribution in [3.05, 3.63) is 60.1 Å². The number of halogens is 3. The minimum atomic E-state index is -4.45. The molecule has 3 N–H and O–H groups in total. The summed E-state index contributed by atoms with van der Waals surface area (Å²) in [5.74, 6) is 2.39. The number of H-pyrrole nitrogens is 1. The third-order valence-corrected chi connectivity index (χ3v) is 7.09. The number of aromatic nitrogens is 6. The van der Waals surface area contributed by atoms with Gasteiger partial charge in [-0.05, 0) is 25.1 Å². The lowest BCUT2D eigenvalue weighted by molar-refractivity contribution is -0.137. The van der Waals surface area contributed by atoms with Crippen LogP contribution in [0, 0.1) is 12.8 Å². The van der Waals surface area contributed by atoms with Crippen molar-refractivity contribution in [1.29, 1.82) is 0 Å². The van der Waals surface area contributed by atoms with Crippen molar-refractivity contribution in [1.82, 2.24) is 45.1 Å². The highest BCUT2D eigenvalue weighted by atomic mass is 19.4. The quantitative estimate of drug-likeness (QED) is 0.374. The molecule has 13 heteroatoms. The average Bonchev–Trinajstić information content (AvgIpc) is 3.65. The van der Waals surface area contributed by atoms with Gasteiger partial charge in [-0.3, -0.25) is 20.2 Å². The van der Waals surface area contributed by atoms with Gasteiger partial charge in [0.1, 0.15) is 23.0 Å². The predicted molar refractivity (Wildman–Crippen MR) is 130 cm³/mol. The molecule has 194 valence electrons. The minimum Gasteiger partial charge on any atom is -0.354 e. The van der Waals surface area contributed by atoms with E-state index in [1.165, 1.54) is 16.7 Å². The number of fused-ring (bicyclic) bond motifs is 1. The normalized spacial score (nSPS) is 19.8. The molecule has 2 fully saturated rings. The minimum absolute atomic E-state index is 0.267. The maximum Gasteiger partial charge on any atom is 0.417 e. The smallest absolute Gasteiger partial charge is 0.354 e. The third-order valence-electron chi connectivity index (χ3n) is 7.09. The molecule has 2 saturated heterocycles. The van der Waals surface area contributed by atoms with Crippen LogP contribution in [0.1, 0.15) is 17.1 Å². The predicted octanol–water partition coefficient (Wildman–Crippen LogP) is 2.26. The summed E-state index contributed by atoms with van der Waals surface area (Å²) in [4.78, 5) is 25.8. The molecular formula is C24H27F3N10. The standard InChI is InChI=1S/C24H27F3N10/c1-15-29-10-18(33-15)13-35-6-7-36(14-20(35)16-8-31-32-9-16)22-4-5-28-23(34-22)19-11-30-21-3-2-17(12-37(19)21)24(25,26)27/h2-5,10-12,16,20,31-32H,6-9,13-14H2,1H3,(H,29,33). The first-order valence-corrected chi connectivity index (χ1v) is 12.2.